The lowest BCUT2D eigenvalue weighted by atomic mass is 10.2. The van der Waals surface area contributed by atoms with Crippen molar-refractivity contribution in [2.75, 3.05) is 26.5 Å². The van der Waals surface area contributed by atoms with Crippen molar-refractivity contribution >= 4 is 15.7 Å². The molecule has 0 aliphatic rings. The highest BCUT2D eigenvalue weighted by molar-refractivity contribution is 7.90. The zero-order valence-corrected chi connectivity index (χ0v) is 19.1. The van der Waals surface area contributed by atoms with Crippen LogP contribution in [0.15, 0.2) is 58.0 Å². The van der Waals surface area contributed by atoms with Crippen molar-refractivity contribution in [3.63, 3.8) is 0 Å². The summed E-state index contributed by atoms with van der Waals surface area (Å²) in [7, 11) is -1.64. The van der Waals surface area contributed by atoms with Crippen LogP contribution in [0.1, 0.15) is 18.7 Å². The van der Waals surface area contributed by atoms with Crippen molar-refractivity contribution in [2.45, 2.75) is 24.2 Å². The monoisotopic (exact) mass is 478 g/mol. The highest BCUT2D eigenvalue weighted by atomic mass is 32.2. The lowest BCUT2D eigenvalue weighted by Gasteiger charge is -2.17. The van der Waals surface area contributed by atoms with E-state index in [2.05, 4.69) is 4.98 Å². The van der Waals surface area contributed by atoms with Crippen LogP contribution in [0.4, 0.5) is 8.78 Å². The molecule has 0 fully saturated rings. The van der Waals surface area contributed by atoms with E-state index in [1.165, 1.54) is 24.4 Å². The molecule has 7 nitrogen and oxygen atoms in total. The molecule has 0 spiro atoms. The summed E-state index contributed by atoms with van der Waals surface area (Å²) in [6.45, 7) is 0.763. The average molecular weight is 479 g/mol. The van der Waals surface area contributed by atoms with Gasteiger partial charge in [-0.2, -0.15) is 0 Å². The van der Waals surface area contributed by atoms with Crippen molar-refractivity contribution in [1.29, 1.82) is 0 Å². The fourth-order valence-electron chi connectivity index (χ4n) is 3.06. The molecule has 176 valence electrons. The van der Waals surface area contributed by atoms with Gasteiger partial charge in [0, 0.05) is 38.8 Å². The quantitative estimate of drug-likeness (QED) is 0.411. The molecular formula is C23H24F2N2O5S. The van der Waals surface area contributed by atoms with Gasteiger partial charge in [-0.25, -0.2) is 22.2 Å². The number of halogens is 2. The molecule has 0 saturated heterocycles. The van der Waals surface area contributed by atoms with Crippen LogP contribution in [0.3, 0.4) is 0 Å². The molecule has 0 aliphatic carbocycles. The fourth-order valence-corrected chi connectivity index (χ4v) is 3.71. The van der Waals surface area contributed by atoms with Gasteiger partial charge < -0.3 is 14.1 Å². The SMILES string of the molecule is CN(CCCOc1cccc(S(C)(=O)=O)c1)C(=O)CCc1ncc(-c2ccc(F)cc2F)o1. The van der Waals surface area contributed by atoms with E-state index in [1.54, 1.807) is 24.1 Å². The van der Waals surface area contributed by atoms with Gasteiger partial charge in [-0.3, -0.25) is 4.79 Å². The summed E-state index contributed by atoms with van der Waals surface area (Å²) in [6.07, 6.45) is 3.42. The Morgan fingerprint density at radius 2 is 1.97 bits per heavy atom. The number of amides is 1. The largest absolute Gasteiger partial charge is 0.493 e. The first-order valence-electron chi connectivity index (χ1n) is 10.2. The molecule has 0 atom stereocenters. The molecule has 1 aromatic heterocycles. The summed E-state index contributed by atoms with van der Waals surface area (Å²) in [5.74, 6) is -0.660. The van der Waals surface area contributed by atoms with E-state index in [0.29, 0.717) is 25.3 Å². The van der Waals surface area contributed by atoms with E-state index in [9.17, 15) is 22.0 Å². The predicted molar refractivity (Wildman–Crippen MR) is 117 cm³/mol. The Morgan fingerprint density at radius 1 is 1.18 bits per heavy atom. The molecule has 0 radical (unpaired) electrons. The summed E-state index contributed by atoms with van der Waals surface area (Å²) in [6, 6.07) is 9.42. The van der Waals surface area contributed by atoms with Gasteiger partial charge in [-0.05, 0) is 36.8 Å². The molecule has 33 heavy (non-hydrogen) atoms. The number of benzene rings is 2. The van der Waals surface area contributed by atoms with Gasteiger partial charge in [0.05, 0.1) is 23.3 Å². The van der Waals surface area contributed by atoms with Gasteiger partial charge in [-0.15, -0.1) is 0 Å². The second kappa shape index (κ2) is 10.6. The molecule has 0 bridgehead atoms. The standard InChI is InChI=1S/C23H24F2N2O5S/c1-27(11-4-12-31-17-5-3-6-18(14-17)33(2,29)30)23(28)10-9-22-26-15-21(32-22)19-8-7-16(24)13-20(19)25/h3,5-8,13-15H,4,9-12H2,1-2H3. The number of nitrogens with zero attached hydrogens (tertiary/aromatic N) is 2. The smallest absolute Gasteiger partial charge is 0.222 e. The predicted octanol–water partition coefficient (Wildman–Crippen LogP) is 3.88. The zero-order valence-electron chi connectivity index (χ0n) is 18.3. The van der Waals surface area contributed by atoms with Gasteiger partial charge in [0.2, 0.25) is 5.91 Å². The Hall–Kier alpha value is -3.27. The first-order chi connectivity index (χ1) is 15.6. The molecule has 2 aromatic carbocycles. The number of rotatable bonds is 10. The van der Waals surface area contributed by atoms with E-state index in [1.807, 2.05) is 0 Å². The fraction of sp³-hybridized carbons (Fsp3) is 0.304. The molecule has 0 unspecified atom stereocenters. The molecule has 10 heteroatoms. The van der Waals surface area contributed by atoms with E-state index >= 15 is 0 Å². The van der Waals surface area contributed by atoms with Crippen LogP contribution in [0.25, 0.3) is 11.3 Å². The van der Waals surface area contributed by atoms with Crippen LogP contribution >= 0.6 is 0 Å². The van der Waals surface area contributed by atoms with Gasteiger partial charge in [0.25, 0.3) is 0 Å². The second-order valence-electron chi connectivity index (χ2n) is 7.51. The maximum atomic E-state index is 13.9. The maximum absolute atomic E-state index is 13.9. The molecule has 3 rings (SSSR count). The van der Waals surface area contributed by atoms with E-state index < -0.39 is 21.5 Å². The number of hydrogen-bond acceptors (Lipinski definition) is 6. The van der Waals surface area contributed by atoms with Crippen LogP contribution in [0, 0.1) is 11.6 Å². The van der Waals surface area contributed by atoms with E-state index in [0.717, 1.165) is 18.4 Å². The second-order valence-corrected chi connectivity index (χ2v) is 9.52. The first-order valence-corrected chi connectivity index (χ1v) is 12.1. The van der Waals surface area contributed by atoms with Gasteiger partial charge in [0.15, 0.2) is 21.5 Å². The number of hydrogen-bond donors (Lipinski definition) is 0. The highest BCUT2D eigenvalue weighted by Crippen LogP contribution is 2.24. The van der Waals surface area contributed by atoms with Crippen LogP contribution in [-0.2, 0) is 21.1 Å². The molecule has 1 amide bonds. The number of carbonyl (C=O) groups is 1. The lowest BCUT2D eigenvalue weighted by molar-refractivity contribution is -0.130. The zero-order chi connectivity index (χ0) is 24.0. The summed E-state index contributed by atoms with van der Waals surface area (Å²) in [4.78, 5) is 18.2. The Labute approximate surface area is 190 Å². The topological polar surface area (TPSA) is 89.7 Å². The Morgan fingerprint density at radius 3 is 2.70 bits per heavy atom. The van der Waals surface area contributed by atoms with Gasteiger partial charge in [0.1, 0.15) is 17.4 Å². The van der Waals surface area contributed by atoms with Crippen molar-refractivity contribution in [1.82, 2.24) is 9.88 Å². The normalized spacial score (nSPS) is 11.4. The van der Waals surface area contributed by atoms with E-state index in [-0.39, 0.29) is 40.9 Å². The minimum Gasteiger partial charge on any atom is -0.493 e. The van der Waals surface area contributed by atoms with Crippen LogP contribution in [-0.4, -0.2) is 50.7 Å². The minimum absolute atomic E-state index is 0.0978. The first kappa shape index (κ1) is 24.4. The molecule has 0 saturated carbocycles. The molecular weight excluding hydrogens is 454 g/mol. The van der Waals surface area contributed by atoms with Gasteiger partial charge >= 0.3 is 0 Å². The number of oxazole rings is 1. The number of sulfone groups is 1. The number of aryl methyl sites for hydroxylation is 1. The molecule has 0 N–H and O–H groups in total. The minimum atomic E-state index is -3.31. The van der Waals surface area contributed by atoms with Crippen LogP contribution in [0.5, 0.6) is 5.75 Å². The Kier molecular flexibility index (Phi) is 7.80. The van der Waals surface area contributed by atoms with E-state index in [4.69, 9.17) is 9.15 Å². The van der Waals surface area contributed by atoms with Gasteiger partial charge in [-0.1, -0.05) is 6.07 Å². The third-order valence-electron chi connectivity index (χ3n) is 4.87. The van der Waals surface area contributed by atoms with Crippen LogP contribution in [0.2, 0.25) is 0 Å². The number of aromatic nitrogens is 1. The highest BCUT2D eigenvalue weighted by Gasteiger charge is 2.15. The average Bonchev–Trinajstić information content (AvgIpc) is 3.23. The summed E-state index contributed by atoms with van der Waals surface area (Å²) >= 11 is 0. The summed E-state index contributed by atoms with van der Waals surface area (Å²) in [5.41, 5.74) is 0.0978. The van der Waals surface area contributed by atoms with Crippen molar-refractivity contribution in [3.05, 3.63) is 66.2 Å². The summed E-state index contributed by atoms with van der Waals surface area (Å²) in [5, 5.41) is 0. The van der Waals surface area contributed by atoms with Crippen molar-refractivity contribution < 1.29 is 31.1 Å². The third-order valence-corrected chi connectivity index (χ3v) is 5.98. The summed E-state index contributed by atoms with van der Waals surface area (Å²) < 4.78 is 61.2. The molecule has 0 aliphatic heterocycles. The Bertz CT molecular complexity index is 1230. The maximum Gasteiger partial charge on any atom is 0.222 e. The lowest BCUT2D eigenvalue weighted by Crippen LogP contribution is -2.28. The molecule has 3 aromatic rings. The number of ether oxygens (including phenoxy) is 1. The number of carbonyl (C=O) groups excluding carboxylic acids is 1. The van der Waals surface area contributed by atoms with Crippen molar-refractivity contribution in [2.24, 2.45) is 0 Å². The van der Waals surface area contributed by atoms with Crippen molar-refractivity contribution in [3.8, 4) is 17.1 Å². The third kappa shape index (κ3) is 6.85. The molecule has 1 heterocycles. The van der Waals surface area contributed by atoms with Crippen LogP contribution < -0.4 is 4.74 Å². The Balaban J connectivity index is 1.43.